The van der Waals surface area contributed by atoms with Gasteiger partial charge in [-0.3, -0.25) is 4.21 Å². The van der Waals surface area contributed by atoms with Gasteiger partial charge in [0, 0.05) is 40.5 Å². The van der Waals surface area contributed by atoms with Crippen molar-refractivity contribution >= 4 is 37.7 Å². The third-order valence-corrected chi connectivity index (χ3v) is 6.90. The largest absolute Gasteiger partial charge is 0.759 e. The number of aromatic nitrogens is 1. The molecule has 172 valence electrons. The van der Waals surface area contributed by atoms with E-state index in [2.05, 4.69) is 53.1 Å². The maximum Gasteiger partial charge on any atom is 0.175 e. The van der Waals surface area contributed by atoms with Gasteiger partial charge in [-0.1, -0.05) is 38.1 Å². The molecule has 0 spiro atoms. The Morgan fingerprint density at radius 1 is 0.939 bits per heavy atom. The SMILES string of the molecule is CC(C)c1cn(-c2ccc(NNS(=O)[O-])cc2)c2cc(-c3ccc(S(C)(=O)=O)cc3)ccc12. The zero-order valence-electron chi connectivity index (χ0n) is 18.4. The minimum Gasteiger partial charge on any atom is -0.759 e. The van der Waals surface area contributed by atoms with Crippen LogP contribution in [0.3, 0.4) is 0 Å². The molecule has 9 heteroatoms. The highest BCUT2D eigenvalue weighted by Crippen LogP contribution is 2.33. The van der Waals surface area contributed by atoms with Gasteiger partial charge < -0.3 is 14.5 Å². The van der Waals surface area contributed by atoms with Crippen LogP contribution in [0.4, 0.5) is 5.69 Å². The first-order chi connectivity index (χ1) is 15.6. The second kappa shape index (κ2) is 9.11. The third-order valence-electron chi connectivity index (χ3n) is 5.50. The summed E-state index contributed by atoms with van der Waals surface area (Å²) >= 11 is -2.41. The Morgan fingerprint density at radius 3 is 2.15 bits per heavy atom. The molecule has 0 bridgehead atoms. The van der Waals surface area contributed by atoms with E-state index >= 15 is 0 Å². The fourth-order valence-electron chi connectivity index (χ4n) is 3.81. The number of nitrogens with zero attached hydrogens (tertiary/aromatic N) is 1. The molecule has 0 saturated carbocycles. The Hall–Kier alpha value is -2.98. The van der Waals surface area contributed by atoms with Gasteiger partial charge >= 0.3 is 0 Å². The molecule has 3 aromatic carbocycles. The Morgan fingerprint density at radius 2 is 1.58 bits per heavy atom. The van der Waals surface area contributed by atoms with Crippen LogP contribution >= 0.6 is 0 Å². The van der Waals surface area contributed by atoms with Crippen LogP contribution < -0.4 is 10.3 Å². The van der Waals surface area contributed by atoms with Crippen molar-refractivity contribution in [2.45, 2.75) is 24.7 Å². The highest BCUT2D eigenvalue weighted by atomic mass is 32.2. The van der Waals surface area contributed by atoms with E-state index in [1.54, 1.807) is 24.3 Å². The maximum atomic E-state index is 11.8. The number of sulfone groups is 1. The zero-order chi connectivity index (χ0) is 23.8. The van der Waals surface area contributed by atoms with Crippen LogP contribution in [-0.4, -0.2) is 28.0 Å². The average Bonchev–Trinajstić information content (AvgIpc) is 3.17. The van der Waals surface area contributed by atoms with Gasteiger partial charge in [0.25, 0.3) is 0 Å². The number of benzene rings is 3. The molecule has 2 N–H and O–H groups in total. The van der Waals surface area contributed by atoms with E-state index in [0.717, 1.165) is 27.7 Å². The van der Waals surface area contributed by atoms with Crippen LogP contribution in [0.2, 0.25) is 0 Å². The third kappa shape index (κ3) is 5.01. The van der Waals surface area contributed by atoms with Crippen LogP contribution in [0.1, 0.15) is 25.3 Å². The molecule has 7 nitrogen and oxygen atoms in total. The molecule has 0 amide bonds. The predicted molar refractivity (Wildman–Crippen MR) is 132 cm³/mol. The zero-order valence-corrected chi connectivity index (χ0v) is 20.0. The van der Waals surface area contributed by atoms with Crippen molar-refractivity contribution < 1.29 is 17.2 Å². The van der Waals surface area contributed by atoms with E-state index in [-0.39, 0.29) is 0 Å². The Balaban J connectivity index is 1.77. The van der Waals surface area contributed by atoms with Crippen molar-refractivity contribution in [3.63, 3.8) is 0 Å². The summed E-state index contributed by atoms with van der Waals surface area (Å²) in [6.07, 6.45) is 3.32. The molecule has 0 fully saturated rings. The van der Waals surface area contributed by atoms with Gasteiger partial charge in [0.15, 0.2) is 9.84 Å². The fourth-order valence-corrected chi connectivity index (χ4v) is 4.64. The van der Waals surface area contributed by atoms with E-state index in [1.807, 2.05) is 24.3 Å². The number of anilines is 1. The van der Waals surface area contributed by atoms with Gasteiger partial charge in [-0.15, -0.1) is 0 Å². The highest BCUT2D eigenvalue weighted by Gasteiger charge is 2.14. The Kier molecular flexibility index (Phi) is 6.40. The molecule has 0 radical (unpaired) electrons. The van der Waals surface area contributed by atoms with Crippen molar-refractivity contribution in [3.05, 3.63) is 78.5 Å². The predicted octanol–water partition coefficient (Wildman–Crippen LogP) is 4.54. The first-order valence-corrected chi connectivity index (χ1v) is 13.3. The fraction of sp³-hybridized carbons (Fsp3) is 0.167. The second-order valence-electron chi connectivity index (χ2n) is 8.15. The number of hydrogen-bond donors (Lipinski definition) is 2. The van der Waals surface area contributed by atoms with Crippen LogP contribution in [0.25, 0.3) is 27.7 Å². The smallest absolute Gasteiger partial charge is 0.175 e. The number of fused-ring (bicyclic) bond motifs is 1. The molecular weight excluding hydrogens is 458 g/mol. The van der Waals surface area contributed by atoms with Crippen molar-refractivity contribution in [2.24, 2.45) is 0 Å². The maximum absolute atomic E-state index is 11.8. The van der Waals surface area contributed by atoms with Crippen molar-refractivity contribution in [3.8, 4) is 16.8 Å². The molecule has 4 aromatic rings. The summed E-state index contributed by atoms with van der Waals surface area (Å²) in [5.41, 5.74) is 8.33. The monoisotopic (exact) mass is 482 g/mol. The Bertz CT molecular complexity index is 1430. The summed E-state index contributed by atoms with van der Waals surface area (Å²) in [6, 6.07) is 20.6. The van der Waals surface area contributed by atoms with E-state index < -0.39 is 21.1 Å². The lowest BCUT2D eigenvalue weighted by atomic mass is 9.99. The average molecular weight is 483 g/mol. The first kappa shape index (κ1) is 23.2. The van der Waals surface area contributed by atoms with E-state index in [1.165, 1.54) is 11.8 Å². The molecular formula is C24H24N3O4S2-. The summed E-state index contributed by atoms with van der Waals surface area (Å²) in [7, 11) is -3.25. The normalized spacial score (nSPS) is 12.9. The van der Waals surface area contributed by atoms with Gasteiger partial charge in [-0.2, -0.15) is 4.83 Å². The van der Waals surface area contributed by atoms with E-state index in [0.29, 0.717) is 16.5 Å². The van der Waals surface area contributed by atoms with Crippen molar-refractivity contribution in [1.29, 1.82) is 0 Å². The number of nitrogens with one attached hydrogen (secondary N) is 2. The van der Waals surface area contributed by atoms with Gasteiger partial charge in [0.05, 0.1) is 10.4 Å². The topological polar surface area (TPSA) is 103 Å². The quantitative estimate of drug-likeness (QED) is 0.297. The summed E-state index contributed by atoms with van der Waals surface area (Å²) in [5.74, 6) is 0.325. The lowest BCUT2D eigenvalue weighted by Crippen LogP contribution is -2.23. The molecule has 0 aliphatic carbocycles. The number of hydrogen-bond acceptors (Lipinski definition) is 5. The van der Waals surface area contributed by atoms with Gasteiger partial charge in [-0.05, 0) is 65.1 Å². The molecule has 0 aliphatic rings. The molecule has 1 unspecified atom stereocenters. The van der Waals surface area contributed by atoms with Crippen LogP contribution in [0.15, 0.2) is 77.8 Å². The van der Waals surface area contributed by atoms with Gasteiger partial charge in [0.2, 0.25) is 0 Å². The standard InChI is InChI=1S/C24H25N3O4S2/c1-16(2)23-15-27(20-9-7-19(8-10-20)25-26-32(28)29)24-14-18(6-13-22(23)24)17-4-11-21(12-5-17)33(3,30)31/h4-16,25-26H,1-3H3,(H,28,29)/p-1. The van der Waals surface area contributed by atoms with Crippen LogP contribution in [0, 0.1) is 0 Å². The first-order valence-electron chi connectivity index (χ1n) is 10.3. The number of hydrazine groups is 1. The minimum absolute atomic E-state index is 0.293. The summed E-state index contributed by atoms with van der Waals surface area (Å²) < 4.78 is 47.0. The summed E-state index contributed by atoms with van der Waals surface area (Å²) in [6.45, 7) is 4.30. The van der Waals surface area contributed by atoms with Crippen LogP contribution in [-0.2, 0) is 21.1 Å². The molecule has 1 atom stereocenters. The summed E-state index contributed by atoms with van der Waals surface area (Å²) in [4.78, 5) is 2.42. The molecule has 0 aliphatic heterocycles. The van der Waals surface area contributed by atoms with Gasteiger partial charge in [0.1, 0.15) is 0 Å². The van der Waals surface area contributed by atoms with Gasteiger partial charge in [-0.25, -0.2) is 8.42 Å². The lowest BCUT2D eigenvalue weighted by molar-refractivity contribution is 0.528. The highest BCUT2D eigenvalue weighted by molar-refractivity contribution is 7.90. The molecule has 4 rings (SSSR count). The van der Waals surface area contributed by atoms with Crippen molar-refractivity contribution in [1.82, 2.24) is 9.40 Å². The van der Waals surface area contributed by atoms with Crippen LogP contribution in [0.5, 0.6) is 0 Å². The molecule has 33 heavy (non-hydrogen) atoms. The Labute approximate surface area is 195 Å². The van der Waals surface area contributed by atoms with E-state index in [4.69, 9.17) is 0 Å². The van der Waals surface area contributed by atoms with Crippen molar-refractivity contribution in [2.75, 3.05) is 11.7 Å². The number of rotatable bonds is 7. The molecule has 1 heterocycles. The second-order valence-corrected chi connectivity index (χ2v) is 10.8. The minimum atomic E-state index is -3.25. The summed E-state index contributed by atoms with van der Waals surface area (Å²) in [5, 5.41) is 1.15. The lowest BCUT2D eigenvalue weighted by Gasteiger charge is -2.12. The van der Waals surface area contributed by atoms with E-state index in [9.17, 15) is 17.2 Å². The molecule has 0 saturated heterocycles. The molecule has 1 aromatic heterocycles.